The number of methoxy groups -OCH3 is 1. The van der Waals surface area contributed by atoms with Crippen molar-refractivity contribution in [1.82, 2.24) is 5.32 Å². The number of halogens is 1. The fourth-order valence-corrected chi connectivity index (χ4v) is 6.33. The first-order valence-corrected chi connectivity index (χ1v) is 13.9. The van der Waals surface area contributed by atoms with Crippen molar-refractivity contribution < 1.29 is 23.9 Å². The summed E-state index contributed by atoms with van der Waals surface area (Å²) in [6.07, 6.45) is 2.14. The second kappa shape index (κ2) is 10.4. The highest BCUT2D eigenvalue weighted by Gasteiger charge is 2.47. The third-order valence-electron chi connectivity index (χ3n) is 7.74. The number of anilines is 1. The lowest BCUT2D eigenvalue weighted by Crippen LogP contribution is -2.42. The zero-order valence-corrected chi connectivity index (χ0v) is 24.3. The number of hydrogen-bond donors (Lipinski definition) is 2. The van der Waals surface area contributed by atoms with Gasteiger partial charge < -0.3 is 20.1 Å². The Bertz CT molecular complexity index is 1420. The highest BCUT2D eigenvalue weighted by Crippen LogP contribution is 2.52. The molecule has 0 saturated heterocycles. The minimum atomic E-state index is -0.621. The van der Waals surface area contributed by atoms with Crippen LogP contribution in [0.4, 0.5) is 5.69 Å². The van der Waals surface area contributed by atoms with E-state index in [4.69, 9.17) is 21.1 Å². The van der Waals surface area contributed by atoms with Gasteiger partial charge in [-0.25, -0.2) is 0 Å². The van der Waals surface area contributed by atoms with E-state index in [1.807, 2.05) is 6.07 Å². The standard InChI is InChI=1S/C32H35ClN2O5/c1-31(2)13-21-29(23(36)15-31)28(30-22(34-21)14-32(3,4)16-24(30)37)19-12-18(33)10-11-25(19)40-17-27(38)35-20-8-6-7-9-26(20)39-5/h6-12,28,34H,13-17H2,1-5H3,(H,35,38). The fourth-order valence-electron chi connectivity index (χ4n) is 6.15. The number of ether oxygens (including phenoxy) is 2. The number of carbonyl (C=O) groups is 3. The van der Waals surface area contributed by atoms with Gasteiger partial charge in [0.25, 0.3) is 5.91 Å². The van der Waals surface area contributed by atoms with Crippen LogP contribution < -0.4 is 20.1 Å². The second-order valence-corrected chi connectivity index (χ2v) is 12.9. The number of hydrogen-bond acceptors (Lipinski definition) is 6. The average molecular weight is 563 g/mol. The van der Waals surface area contributed by atoms with Crippen LogP contribution >= 0.6 is 11.6 Å². The molecule has 5 rings (SSSR count). The molecule has 0 atom stereocenters. The zero-order chi connectivity index (χ0) is 28.8. The smallest absolute Gasteiger partial charge is 0.262 e. The summed E-state index contributed by atoms with van der Waals surface area (Å²) in [5.74, 6) is -0.0407. The maximum absolute atomic E-state index is 13.7. The van der Waals surface area contributed by atoms with Crippen LogP contribution in [0.5, 0.6) is 11.5 Å². The number of rotatable bonds is 6. The molecule has 8 heteroatoms. The van der Waals surface area contributed by atoms with E-state index in [2.05, 4.69) is 38.3 Å². The Hall–Kier alpha value is -3.58. The SMILES string of the molecule is COc1ccccc1NC(=O)COc1ccc(Cl)cc1C1C2=C(CC(C)(C)CC2=O)NC2=C1C(=O)CC(C)(C)C2. The van der Waals surface area contributed by atoms with Crippen molar-refractivity contribution in [2.75, 3.05) is 19.0 Å². The van der Waals surface area contributed by atoms with E-state index in [-0.39, 0.29) is 34.9 Å². The van der Waals surface area contributed by atoms with E-state index in [0.29, 0.717) is 64.6 Å². The van der Waals surface area contributed by atoms with Crippen molar-refractivity contribution in [3.63, 3.8) is 0 Å². The Morgan fingerprint density at radius 1 is 0.925 bits per heavy atom. The molecule has 0 fully saturated rings. The van der Waals surface area contributed by atoms with Gasteiger partial charge in [0.2, 0.25) is 0 Å². The van der Waals surface area contributed by atoms with Crippen LogP contribution in [-0.4, -0.2) is 31.2 Å². The van der Waals surface area contributed by atoms with Gasteiger partial charge in [0.15, 0.2) is 18.2 Å². The fraction of sp³-hybridized carbons (Fsp3) is 0.406. The normalized spacial score (nSPS) is 19.9. The molecular formula is C32H35ClN2O5. The summed E-state index contributed by atoms with van der Waals surface area (Å²) in [6.45, 7) is 8.05. The molecular weight excluding hydrogens is 528 g/mol. The van der Waals surface area contributed by atoms with Crippen LogP contribution in [-0.2, 0) is 14.4 Å². The number of benzene rings is 2. The molecule has 0 spiro atoms. The summed E-state index contributed by atoms with van der Waals surface area (Å²) >= 11 is 6.49. The first kappa shape index (κ1) is 28.0. The number of dihydropyridines is 1. The highest BCUT2D eigenvalue weighted by atomic mass is 35.5. The summed E-state index contributed by atoms with van der Waals surface area (Å²) in [5.41, 5.74) is 3.64. The van der Waals surface area contributed by atoms with Gasteiger partial charge in [-0.2, -0.15) is 0 Å². The van der Waals surface area contributed by atoms with E-state index in [9.17, 15) is 14.4 Å². The predicted molar refractivity (Wildman–Crippen MR) is 155 cm³/mol. The minimum absolute atomic E-state index is 0.00720. The van der Waals surface area contributed by atoms with Gasteiger partial charge in [-0.15, -0.1) is 0 Å². The van der Waals surface area contributed by atoms with Crippen LogP contribution in [0.1, 0.15) is 64.9 Å². The van der Waals surface area contributed by atoms with Gasteiger partial charge in [-0.3, -0.25) is 14.4 Å². The predicted octanol–water partition coefficient (Wildman–Crippen LogP) is 6.34. The maximum atomic E-state index is 13.7. The first-order chi connectivity index (χ1) is 18.9. The lowest BCUT2D eigenvalue weighted by Gasteiger charge is -2.44. The second-order valence-electron chi connectivity index (χ2n) is 12.4. The van der Waals surface area contributed by atoms with Crippen molar-refractivity contribution in [2.24, 2.45) is 10.8 Å². The summed E-state index contributed by atoms with van der Waals surface area (Å²) in [7, 11) is 1.54. The van der Waals surface area contributed by atoms with Gasteiger partial charge in [0, 0.05) is 51.9 Å². The van der Waals surface area contributed by atoms with Crippen molar-refractivity contribution in [3.05, 3.63) is 75.6 Å². The van der Waals surface area contributed by atoms with Gasteiger partial charge in [0.1, 0.15) is 11.5 Å². The molecule has 40 heavy (non-hydrogen) atoms. The highest BCUT2D eigenvalue weighted by molar-refractivity contribution is 6.30. The Kier molecular flexibility index (Phi) is 7.29. The Morgan fingerprint density at radius 2 is 1.52 bits per heavy atom. The summed E-state index contributed by atoms with van der Waals surface area (Å²) < 4.78 is 11.4. The molecule has 0 unspecified atom stereocenters. The molecule has 3 aliphatic rings. The number of ketones is 2. The van der Waals surface area contributed by atoms with Crippen molar-refractivity contribution in [2.45, 2.75) is 59.3 Å². The molecule has 2 aromatic carbocycles. The molecule has 210 valence electrons. The quantitative estimate of drug-likeness (QED) is 0.427. The van der Waals surface area contributed by atoms with Crippen molar-refractivity contribution in [1.29, 1.82) is 0 Å². The Morgan fingerprint density at radius 3 is 2.12 bits per heavy atom. The van der Waals surface area contributed by atoms with Crippen molar-refractivity contribution >= 4 is 34.8 Å². The number of Topliss-reactive ketones (excluding diaryl/α,β-unsaturated/α-hetero) is 2. The first-order valence-electron chi connectivity index (χ1n) is 13.5. The molecule has 1 heterocycles. The van der Waals surface area contributed by atoms with Gasteiger partial charge in [-0.1, -0.05) is 51.4 Å². The molecule has 0 saturated carbocycles. The zero-order valence-electron chi connectivity index (χ0n) is 23.6. The number of carbonyl (C=O) groups excluding carboxylic acids is 3. The molecule has 1 amide bonds. The van der Waals surface area contributed by atoms with E-state index in [1.54, 1.807) is 36.4 Å². The van der Waals surface area contributed by atoms with Crippen LogP contribution in [0.25, 0.3) is 0 Å². The van der Waals surface area contributed by atoms with E-state index < -0.39 is 5.92 Å². The monoisotopic (exact) mass is 562 g/mol. The number of nitrogens with one attached hydrogen (secondary N) is 2. The van der Waals surface area contributed by atoms with E-state index in [1.165, 1.54) is 7.11 Å². The van der Waals surface area contributed by atoms with Crippen LogP contribution in [0.3, 0.4) is 0 Å². The maximum Gasteiger partial charge on any atom is 0.262 e. The molecule has 0 aromatic heterocycles. The summed E-state index contributed by atoms with van der Waals surface area (Å²) in [4.78, 5) is 40.2. The third-order valence-corrected chi connectivity index (χ3v) is 7.98. The number of amides is 1. The van der Waals surface area contributed by atoms with Gasteiger partial charge >= 0.3 is 0 Å². The molecule has 7 nitrogen and oxygen atoms in total. The van der Waals surface area contributed by atoms with E-state index >= 15 is 0 Å². The average Bonchev–Trinajstić information content (AvgIpc) is 2.85. The molecule has 2 aromatic rings. The molecule has 0 bridgehead atoms. The van der Waals surface area contributed by atoms with Crippen LogP contribution in [0.15, 0.2) is 65.0 Å². The number of para-hydroxylation sites is 2. The van der Waals surface area contributed by atoms with Crippen LogP contribution in [0, 0.1) is 10.8 Å². The number of allylic oxidation sites excluding steroid dienone is 4. The molecule has 2 N–H and O–H groups in total. The summed E-state index contributed by atoms with van der Waals surface area (Å²) in [5, 5.41) is 6.79. The third kappa shape index (κ3) is 5.52. The topological polar surface area (TPSA) is 93.7 Å². The van der Waals surface area contributed by atoms with Gasteiger partial charge in [-0.05, 0) is 54.0 Å². The lowest BCUT2D eigenvalue weighted by molar-refractivity contribution is -0.120. The largest absolute Gasteiger partial charge is 0.495 e. The van der Waals surface area contributed by atoms with Gasteiger partial charge in [0.05, 0.1) is 12.8 Å². The van der Waals surface area contributed by atoms with E-state index in [0.717, 1.165) is 11.4 Å². The Balaban J connectivity index is 1.53. The van der Waals surface area contributed by atoms with Crippen molar-refractivity contribution in [3.8, 4) is 11.5 Å². The minimum Gasteiger partial charge on any atom is -0.495 e. The lowest BCUT2D eigenvalue weighted by atomic mass is 9.64. The van der Waals surface area contributed by atoms with Crippen LogP contribution in [0.2, 0.25) is 5.02 Å². The summed E-state index contributed by atoms with van der Waals surface area (Å²) in [6, 6.07) is 12.2. The molecule has 2 aliphatic carbocycles. The molecule has 0 radical (unpaired) electrons. The Labute approximate surface area is 240 Å². The molecule has 1 aliphatic heterocycles.